The zero-order valence-corrected chi connectivity index (χ0v) is 27.1. The maximum absolute atomic E-state index is 14.7. The van der Waals surface area contributed by atoms with Crippen LogP contribution in [-0.4, -0.2) is 71.6 Å². The topological polar surface area (TPSA) is 112 Å². The summed E-state index contributed by atoms with van der Waals surface area (Å²) in [5.74, 6) is -1.45. The van der Waals surface area contributed by atoms with Crippen LogP contribution in [0.25, 0.3) is 21.2 Å². The smallest absolute Gasteiger partial charge is 0.404 e. The highest BCUT2D eigenvalue weighted by atomic mass is 35.5. The molecular weight excluding hydrogens is 638 g/mol. The number of methoxy groups -OCH3 is 1. The Kier molecular flexibility index (Phi) is 10.1. The Balaban J connectivity index is 1.52. The molecule has 2 aromatic heterocycles. The molecule has 0 atom stereocenters. The summed E-state index contributed by atoms with van der Waals surface area (Å²) in [4.78, 5) is 45.3. The molecule has 46 heavy (non-hydrogen) atoms. The number of amides is 3. The van der Waals surface area contributed by atoms with Crippen molar-refractivity contribution < 1.29 is 33.0 Å². The first-order valence-electron chi connectivity index (χ1n) is 14.7. The minimum Gasteiger partial charge on any atom is -0.496 e. The number of nitrogens with zero attached hydrogens (tertiary/aromatic N) is 3. The molecule has 3 amide bonds. The van der Waals surface area contributed by atoms with Crippen LogP contribution >= 0.6 is 22.9 Å². The lowest BCUT2D eigenvalue weighted by Crippen LogP contribution is -2.43. The molecule has 1 saturated carbocycles. The third-order valence-electron chi connectivity index (χ3n) is 8.28. The molecule has 2 N–H and O–H groups in total. The molecular formula is C33H33ClF2N4O5S. The predicted octanol–water partition coefficient (Wildman–Crippen LogP) is 7.07. The molecule has 0 bridgehead atoms. The van der Waals surface area contributed by atoms with Crippen molar-refractivity contribution in [1.29, 1.82) is 0 Å². The second-order valence-electron chi connectivity index (χ2n) is 11.4. The van der Waals surface area contributed by atoms with E-state index in [2.05, 4.69) is 10.3 Å². The van der Waals surface area contributed by atoms with E-state index in [4.69, 9.17) is 21.4 Å². The SMILES string of the molecule is COc1ccc(-c2ccnc(C(=O)N(C)C)c2)cc1CN(C(=O)c1sc2c(F)ccc(F)c2c1Cl)C1CCC(CNC(=O)O)CC1. The molecule has 0 spiro atoms. The molecule has 5 rings (SSSR count). The number of carbonyl (C=O) groups is 3. The number of aromatic nitrogens is 1. The molecule has 0 aliphatic heterocycles. The van der Waals surface area contributed by atoms with Crippen molar-refractivity contribution in [2.75, 3.05) is 27.7 Å². The number of hydrogen-bond acceptors (Lipinski definition) is 6. The number of rotatable bonds is 9. The third kappa shape index (κ3) is 6.92. The summed E-state index contributed by atoms with van der Waals surface area (Å²) in [5, 5.41) is 11.2. The molecule has 0 unspecified atom stereocenters. The quantitative estimate of drug-likeness (QED) is 0.197. The zero-order valence-electron chi connectivity index (χ0n) is 25.5. The average Bonchev–Trinajstić information content (AvgIpc) is 3.42. The third-order valence-corrected chi connectivity index (χ3v) is 9.95. The number of thiophene rings is 1. The molecule has 2 aromatic carbocycles. The van der Waals surface area contributed by atoms with Gasteiger partial charge in [0.25, 0.3) is 11.8 Å². The molecule has 1 fully saturated rings. The van der Waals surface area contributed by atoms with Crippen LogP contribution in [0.4, 0.5) is 13.6 Å². The molecule has 4 aromatic rings. The van der Waals surface area contributed by atoms with Gasteiger partial charge in [-0.25, -0.2) is 13.6 Å². The molecule has 242 valence electrons. The van der Waals surface area contributed by atoms with Crippen molar-refractivity contribution in [3.63, 3.8) is 0 Å². The Morgan fingerprint density at radius 1 is 1.02 bits per heavy atom. The Bertz CT molecular complexity index is 1790. The lowest BCUT2D eigenvalue weighted by molar-refractivity contribution is 0.0592. The summed E-state index contributed by atoms with van der Waals surface area (Å²) in [7, 11) is 4.82. The van der Waals surface area contributed by atoms with E-state index in [1.165, 1.54) is 12.0 Å². The molecule has 0 saturated heterocycles. The summed E-state index contributed by atoms with van der Waals surface area (Å²) in [6.07, 6.45) is 3.00. The van der Waals surface area contributed by atoms with Crippen LogP contribution in [0.5, 0.6) is 5.75 Å². The summed E-state index contributed by atoms with van der Waals surface area (Å²) in [6, 6.07) is 10.7. The average molecular weight is 671 g/mol. The van der Waals surface area contributed by atoms with Gasteiger partial charge in [-0.15, -0.1) is 11.3 Å². The van der Waals surface area contributed by atoms with Crippen LogP contribution in [0.3, 0.4) is 0 Å². The summed E-state index contributed by atoms with van der Waals surface area (Å²) >= 11 is 7.38. The standard InChI is InChI=1S/C33H33ClF2N4O5S/c1-39(2)31(41)25-15-20(12-13-37-25)19-6-11-26(45-3)21(14-19)17-40(22-7-4-18(5-8-22)16-38-33(43)44)32(42)30-28(34)27-23(35)9-10-24(36)29(27)46-30/h6,9-15,18,22,38H,4-5,7-8,16-17H2,1-3H3,(H,43,44). The van der Waals surface area contributed by atoms with E-state index in [-0.39, 0.29) is 50.1 Å². The van der Waals surface area contributed by atoms with Crippen molar-refractivity contribution in [3.8, 4) is 16.9 Å². The lowest BCUT2D eigenvalue weighted by Gasteiger charge is -2.37. The Hall–Kier alpha value is -4.29. The fourth-order valence-corrected chi connectivity index (χ4v) is 7.35. The van der Waals surface area contributed by atoms with Gasteiger partial charge in [0.05, 0.1) is 22.2 Å². The van der Waals surface area contributed by atoms with Gasteiger partial charge in [0.15, 0.2) is 0 Å². The normalized spacial score (nSPS) is 16.2. The number of benzene rings is 2. The number of nitrogens with one attached hydrogen (secondary N) is 1. The Morgan fingerprint density at radius 3 is 2.37 bits per heavy atom. The number of halogens is 3. The largest absolute Gasteiger partial charge is 0.496 e. The number of ether oxygens (including phenoxy) is 1. The first-order valence-corrected chi connectivity index (χ1v) is 15.9. The fraction of sp³-hybridized carbons (Fsp3) is 0.333. The summed E-state index contributed by atoms with van der Waals surface area (Å²) in [5.41, 5.74) is 2.47. The van der Waals surface area contributed by atoms with Gasteiger partial charge in [-0.1, -0.05) is 17.7 Å². The van der Waals surface area contributed by atoms with E-state index in [0.717, 1.165) is 34.6 Å². The first-order chi connectivity index (χ1) is 22.0. The molecule has 0 radical (unpaired) electrons. The molecule has 13 heteroatoms. The van der Waals surface area contributed by atoms with Gasteiger partial charge in [-0.2, -0.15) is 0 Å². The Labute approximate surface area is 273 Å². The van der Waals surface area contributed by atoms with Crippen LogP contribution in [0.1, 0.15) is 51.4 Å². The number of fused-ring (bicyclic) bond motifs is 1. The summed E-state index contributed by atoms with van der Waals surface area (Å²) < 4.78 is 35.1. The second-order valence-corrected chi connectivity index (χ2v) is 12.8. The molecule has 9 nitrogen and oxygen atoms in total. The number of hydrogen-bond donors (Lipinski definition) is 2. The second kappa shape index (κ2) is 14.0. The zero-order chi connectivity index (χ0) is 33.1. The minimum absolute atomic E-state index is 0.0305. The van der Waals surface area contributed by atoms with Gasteiger partial charge >= 0.3 is 6.09 Å². The van der Waals surface area contributed by atoms with Crippen LogP contribution in [0.15, 0.2) is 48.7 Å². The number of pyridine rings is 1. The fourth-order valence-electron chi connectivity index (χ4n) is 5.85. The highest BCUT2D eigenvalue weighted by Gasteiger charge is 2.33. The van der Waals surface area contributed by atoms with Crippen LogP contribution in [0, 0.1) is 17.6 Å². The van der Waals surface area contributed by atoms with Crippen LogP contribution in [-0.2, 0) is 6.54 Å². The number of carbonyl (C=O) groups excluding carboxylic acids is 2. The van der Waals surface area contributed by atoms with Crippen molar-refractivity contribution >= 4 is 50.9 Å². The van der Waals surface area contributed by atoms with E-state index in [9.17, 15) is 23.2 Å². The predicted molar refractivity (Wildman–Crippen MR) is 173 cm³/mol. The van der Waals surface area contributed by atoms with Crippen molar-refractivity contribution in [3.05, 3.63) is 81.5 Å². The first kappa shape index (κ1) is 33.1. The van der Waals surface area contributed by atoms with E-state index in [1.54, 1.807) is 43.4 Å². The molecule has 2 heterocycles. The van der Waals surface area contributed by atoms with E-state index >= 15 is 0 Å². The lowest BCUT2D eigenvalue weighted by atomic mass is 9.85. The highest BCUT2D eigenvalue weighted by Crippen LogP contribution is 2.41. The van der Waals surface area contributed by atoms with Gasteiger partial charge in [0, 0.05) is 45.0 Å². The maximum atomic E-state index is 14.7. The molecule has 1 aliphatic carbocycles. The van der Waals surface area contributed by atoms with Gasteiger partial charge in [-0.05, 0) is 79.1 Å². The maximum Gasteiger partial charge on any atom is 0.404 e. The van der Waals surface area contributed by atoms with Gasteiger partial charge in [-0.3, -0.25) is 14.6 Å². The van der Waals surface area contributed by atoms with E-state index in [0.29, 0.717) is 43.5 Å². The monoisotopic (exact) mass is 670 g/mol. The van der Waals surface area contributed by atoms with Gasteiger partial charge in [0.1, 0.15) is 28.0 Å². The molecule has 1 aliphatic rings. The van der Waals surface area contributed by atoms with Crippen molar-refractivity contribution in [2.45, 2.75) is 38.3 Å². The minimum atomic E-state index is -1.09. The number of carboxylic acid groups (broad SMARTS) is 1. The van der Waals surface area contributed by atoms with Crippen LogP contribution in [0.2, 0.25) is 5.02 Å². The Morgan fingerprint density at radius 2 is 1.72 bits per heavy atom. The highest BCUT2D eigenvalue weighted by molar-refractivity contribution is 7.21. The van der Waals surface area contributed by atoms with E-state index in [1.807, 2.05) is 12.1 Å². The van der Waals surface area contributed by atoms with Crippen molar-refractivity contribution in [2.24, 2.45) is 5.92 Å². The van der Waals surface area contributed by atoms with Crippen molar-refractivity contribution in [1.82, 2.24) is 20.1 Å². The van der Waals surface area contributed by atoms with Gasteiger partial charge in [0.2, 0.25) is 0 Å². The van der Waals surface area contributed by atoms with Crippen LogP contribution < -0.4 is 10.1 Å². The summed E-state index contributed by atoms with van der Waals surface area (Å²) in [6.45, 7) is 0.416. The van der Waals surface area contributed by atoms with Gasteiger partial charge < -0.3 is 25.0 Å². The van der Waals surface area contributed by atoms with E-state index < -0.39 is 23.6 Å².